The molecule has 2 aromatic rings. The molecular weight excluding hydrogens is 571 g/mol. The molecule has 0 fully saturated rings. The number of allylic oxidation sites excluding steroid dienone is 4. The Bertz CT molecular complexity index is 1470. The van der Waals surface area contributed by atoms with Gasteiger partial charge in [-0.3, -0.25) is 14.4 Å². The molecule has 0 bridgehead atoms. The summed E-state index contributed by atoms with van der Waals surface area (Å²) in [6.45, 7) is 11.1. The van der Waals surface area contributed by atoms with Crippen LogP contribution in [0.1, 0.15) is 78.2 Å². The van der Waals surface area contributed by atoms with Crippen molar-refractivity contribution in [1.82, 2.24) is 4.90 Å². The van der Waals surface area contributed by atoms with Crippen LogP contribution in [0.3, 0.4) is 0 Å². The van der Waals surface area contributed by atoms with Crippen molar-refractivity contribution in [3.8, 4) is 5.75 Å². The van der Waals surface area contributed by atoms with E-state index in [1.54, 1.807) is 42.5 Å². The maximum absolute atomic E-state index is 14.0. The van der Waals surface area contributed by atoms with E-state index in [9.17, 15) is 14.4 Å². The van der Waals surface area contributed by atoms with Crippen LogP contribution >= 0.6 is 23.2 Å². The number of anilines is 1. The van der Waals surface area contributed by atoms with Gasteiger partial charge in [-0.1, -0.05) is 70.0 Å². The highest BCUT2D eigenvalue weighted by atomic mass is 35.5. The minimum absolute atomic E-state index is 0.0407. The van der Waals surface area contributed by atoms with Crippen LogP contribution in [-0.2, 0) is 14.4 Å². The van der Waals surface area contributed by atoms with E-state index < -0.39 is 5.92 Å². The van der Waals surface area contributed by atoms with Gasteiger partial charge in [-0.05, 0) is 60.4 Å². The summed E-state index contributed by atoms with van der Waals surface area (Å²) in [4.78, 5) is 43.2. The van der Waals surface area contributed by atoms with Gasteiger partial charge in [0.15, 0.2) is 18.2 Å². The first-order valence-corrected chi connectivity index (χ1v) is 15.3. The van der Waals surface area contributed by atoms with Crippen molar-refractivity contribution in [1.29, 1.82) is 0 Å². The van der Waals surface area contributed by atoms with Gasteiger partial charge in [0.05, 0.1) is 10.7 Å². The number of hydrogen-bond acceptors (Lipinski definition) is 5. The Balaban J connectivity index is 1.61. The lowest BCUT2D eigenvalue weighted by atomic mass is 9.63. The number of halogens is 2. The molecule has 222 valence electrons. The predicted molar refractivity (Wildman–Crippen MR) is 167 cm³/mol. The summed E-state index contributed by atoms with van der Waals surface area (Å²) in [6, 6.07) is 12.2. The van der Waals surface area contributed by atoms with Crippen molar-refractivity contribution < 1.29 is 19.1 Å². The Hall–Kier alpha value is -3.09. The molecule has 0 saturated carbocycles. The zero-order chi connectivity index (χ0) is 30.4. The number of ketones is 2. The standard InChI is InChI=1S/C34H38Cl2N2O4/c1-6-13-38-24-15-33(2,3)17-26(39)31(24)30(32-25(38)16-34(4,5)18-27(32)40)21-14-20(35)11-12-28(21)42-19-29(41)37-23-10-8-7-9-22(23)36/h7-12,14,30H,6,13,15-19H2,1-5H3,(H,37,41). The lowest BCUT2D eigenvalue weighted by Crippen LogP contribution is -2.44. The Morgan fingerprint density at radius 3 is 2.10 bits per heavy atom. The molecule has 3 aliphatic rings. The number of amides is 1. The molecule has 42 heavy (non-hydrogen) atoms. The fourth-order valence-corrected chi connectivity index (χ4v) is 6.98. The Kier molecular flexibility index (Phi) is 8.34. The van der Waals surface area contributed by atoms with E-state index in [2.05, 4.69) is 44.8 Å². The summed E-state index contributed by atoms with van der Waals surface area (Å²) < 4.78 is 6.11. The van der Waals surface area contributed by atoms with E-state index in [0.29, 0.717) is 51.0 Å². The van der Waals surface area contributed by atoms with Crippen LogP contribution < -0.4 is 10.1 Å². The lowest BCUT2D eigenvalue weighted by molar-refractivity contribution is -0.120. The van der Waals surface area contributed by atoms with E-state index in [0.717, 1.165) is 37.2 Å². The van der Waals surface area contributed by atoms with Crippen LogP contribution in [0.5, 0.6) is 5.75 Å². The van der Waals surface area contributed by atoms with E-state index in [4.69, 9.17) is 27.9 Å². The van der Waals surface area contributed by atoms with Crippen LogP contribution in [-0.4, -0.2) is 35.5 Å². The zero-order valence-electron chi connectivity index (χ0n) is 24.9. The normalized spacial score (nSPS) is 19.9. The molecule has 0 unspecified atom stereocenters. The highest BCUT2D eigenvalue weighted by Gasteiger charge is 2.49. The monoisotopic (exact) mass is 608 g/mol. The molecule has 5 rings (SSSR count). The smallest absolute Gasteiger partial charge is 0.262 e. The molecule has 1 aliphatic heterocycles. The van der Waals surface area contributed by atoms with Gasteiger partial charge < -0.3 is 15.0 Å². The summed E-state index contributed by atoms with van der Waals surface area (Å²) in [7, 11) is 0. The van der Waals surface area contributed by atoms with Gasteiger partial charge in [0.2, 0.25) is 0 Å². The topological polar surface area (TPSA) is 75.7 Å². The van der Waals surface area contributed by atoms with Gasteiger partial charge in [0.25, 0.3) is 5.91 Å². The number of rotatable bonds is 7. The highest BCUT2D eigenvalue weighted by Crippen LogP contribution is 2.55. The number of ether oxygens (including phenoxy) is 1. The van der Waals surface area contributed by atoms with Crippen LogP contribution in [0.25, 0.3) is 0 Å². The second-order valence-corrected chi connectivity index (χ2v) is 14.0. The zero-order valence-corrected chi connectivity index (χ0v) is 26.4. The number of hydrogen-bond donors (Lipinski definition) is 1. The van der Waals surface area contributed by atoms with E-state index in [-0.39, 0.29) is 34.9 Å². The minimum atomic E-state index is -0.615. The third-order valence-electron chi connectivity index (χ3n) is 8.26. The number of nitrogens with one attached hydrogen (secondary N) is 1. The Morgan fingerprint density at radius 1 is 0.929 bits per heavy atom. The third-order valence-corrected chi connectivity index (χ3v) is 8.82. The van der Waals surface area contributed by atoms with Crippen molar-refractivity contribution >= 4 is 46.4 Å². The number of benzene rings is 2. The first-order valence-electron chi connectivity index (χ1n) is 14.6. The molecule has 1 amide bonds. The molecule has 1 N–H and O–H groups in total. The van der Waals surface area contributed by atoms with Crippen molar-refractivity contribution in [3.05, 3.63) is 80.6 Å². The molecule has 6 nitrogen and oxygen atoms in total. The largest absolute Gasteiger partial charge is 0.483 e. The van der Waals surface area contributed by atoms with Crippen LogP contribution in [0.2, 0.25) is 10.0 Å². The second-order valence-electron chi connectivity index (χ2n) is 13.2. The lowest BCUT2D eigenvalue weighted by Gasteiger charge is -2.49. The van der Waals surface area contributed by atoms with Crippen LogP contribution in [0.15, 0.2) is 65.0 Å². The number of carbonyl (C=O) groups excluding carboxylic acids is 3. The van der Waals surface area contributed by atoms with E-state index in [1.807, 2.05) is 0 Å². The average Bonchev–Trinajstić information content (AvgIpc) is 2.88. The summed E-state index contributed by atoms with van der Waals surface area (Å²) >= 11 is 12.8. The number of Topliss-reactive ketones (excluding diaryl/α,β-unsaturated/α-hetero) is 2. The highest BCUT2D eigenvalue weighted by molar-refractivity contribution is 6.33. The molecule has 0 atom stereocenters. The third kappa shape index (κ3) is 6.02. The van der Waals surface area contributed by atoms with E-state index >= 15 is 0 Å². The summed E-state index contributed by atoms with van der Waals surface area (Å²) in [5.74, 6) is -0.502. The van der Waals surface area contributed by atoms with Crippen LogP contribution in [0, 0.1) is 10.8 Å². The van der Waals surface area contributed by atoms with Crippen molar-refractivity contribution in [2.75, 3.05) is 18.5 Å². The Morgan fingerprint density at radius 2 is 1.52 bits per heavy atom. The second kappa shape index (κ2) is 11.5. The molecule has 2 aromatic carbocycles. The number of para-hydroxylation sites is 1. The molecule has 8 heteroatoms. The SMILES string of the molecule is CCCN1C2=C(C(=O)CC(C)(C)C2)C(c2cc(Cl)ccc2OCC(=O)Nc2ccccc2Cl)C2=C1CC(C)(C)CC2=O. The van der Waals surface area contributed by atoms with Crippen molar-refractivity contribution in [3.63, 3.8) is 0 Å². The summed E-state index contributed by atoms with van der Waals surface area (Å²) in [5.41, 5.74) is 4.01. The quantitative estimate of drug-likeness (QED) is 0.343. The molecular formula is C34H38Cl2N2O4. The molecule has 1 heterocycles. The predicted octanol–water partition coefficient (Wildman–Crippen LogP) is 8.11. The molecule has 0 aromatic heterocycles. The van der Waals surface area contributed by atoms with Gasteiger partial charge in [0, 0.05) is 58.4 Å². The van der Waals surface area contributed by atoms with Crippen LogP contribution in [0.4, 0.5) is 5.69 Å². The number of carbonyl (C=O) groups is 3. The first kappa shape index (κ1) is 30.4. The van der Waals surface area contributed by atoms with Crippen molar-refractivity contribution in [2.24, 2.45) is 10.8 Å². The molecule has 0 spiro atoms. The fourth-order valence-electron chi connectivity index (χ4n) is 6.62. The first-order chi connectivity index (χ1) is 19.8. The molecule has 0 radical (unpaired) electrons. The summed E-state index contributed by atoms with van der Waals surface area (Å²) in [5, 5.41) is 3.67. The fraction of sp³-hybridized carbons (Fsp3) is 0.441. The van der Waals surface area contributed by atoms with Gasteiger partial charge in [-0.25, -0.2) is 0 Å². The maximum Gasteiger partial charge on any atom is 0.262 e. The average molecular weight is 610 g/mol. The maximum atomic E-state index is 14.0. The van der Waals surface area contributed by atoms with Gasteiger partial charge >= 0.3 is 0 Å². The number of nitrogens with zero attached hydrogens (tertiary/aromatic N) is 1. The minimum Gasteiger partial charge on any atom is -0.483 e. The molecule has 2 aliphatic carbocycles. The van der Waals surface area contributed by atoms with E-state index in [1.165, 1.54) is 0 Å². The van der Waals surface area contributed by atoms with Gasteiger partial charge in [-0.15, -0.1) is 0 Å². The van der Waals surface area contributed by atoms with Crippen molar-refractivity contribution in [2.45, 2.75) is 72.6 Å². The van der Waals surface area contributed by atoms with Gasteiger partial charge in [-0.2, -0.15) is 0 Å². The summed E-state index contributed by atoms with van der Waals surface area (Å²) in [6.07, 6.45) is 3.12. The molecule has 0 saturated heterocycles. The van der Waals surface area contributed by atoms with Gasteiger partial charge in [0.1, 0.15) is 5.75 Å². The Labute approximate surface area is 258 Å².